The predicted molar refractivity (Wildman–Crippen MR) is 56.9 cm³/mol. The van der Waals surface area contributed by atoms with E-state index in [1.165, 1.54) is 16.2 Å². The summed E-state index contributed by atoms with van der Waals surface area (Å²) in [5, 5.41) is 18.0. The summed E-state index contributed by atoms with van der Waals surface area (Å²) in [5.74, 6) is 0.543. The second-order valence-electron chi connectivity index (χ2n) is 3.50. The Kier molecular flexibility index (Phi) is 3.23. The highest BCUT2D eigenvalue weighted by Crippen LogP contribution is 2.29. The molecule has 76 valence electrons. The average molecular weight is 212 g/mol. The first-order valence-corrected chi connectivity index (χ1v) is 5.62. The van der Waals surface area contributed by atoms with Gasteiger partial charge in [0.15, 0.2) is 0 Å². The van der Waals surface area contributed by atoms with Crippen LogP contribution in [-0.2, 0) is 4.74 Å². The average Bonchev–Trinajstić information content (AvgIpc) is 2.68. The molecule has 14 heavy (non-hydrogen) atoms. The molecule has 0 bridgehead atoms. The fourth-order valence-electron chi connectivity index (χ4n) is 1.71. The summed E-state index contributed by atoms with van der Waals surface area (Å²) in [6.45, 7) is 1.64. The van der Waals surface area contributed by atoms with Crippen molar-refractivity contribution in [3.05, 3.63) is 17.0 Å². The zero-order valence-corrected chi connectivity index (χ0v) is 8.67. The molecule has 1 aliphatic heterocycles. The summed E-state index contributed by atoms with van der Waals surface area (Å²) in [5.41, 5.74) is 0. The molecule has 0 aliphatic carbocycles. The van der Waals surface area contributed by atoms with Gasteiger partial charge >= 0.3 is 7.12 Å². The molecule has 0 aromatic carbocycles. The molecule has 0 radical (unpaired) electrons. The minimum absolute atomic E-state index is 0.543. The maximum absolute atomic E-state index is 8.98. The number of thiophene rings is 1. The Labute approximate surface area is 87.5 Å². The molecule has 0 spiro atoms. The fraction of sp³-hybridized carbons (Fsp3) is 0.556. The van der Waals surface area contributed by atoms with Crippen molar-refractivity contribution in [2.45, 2.75) is 18.8 Å². The van der Waals surface area contributed by atoms with Gasteiger partial charge < -0.3 is 14.8 Å². The highest BCUT2D eigenvalue weighted by molar-refractivity contribution is 7.22. The van der Waals surface area contributed by atoms with Gasteiger partial charge in [-0.05, 0) is 24.8 Å². The van der Waals surface area contributed by atoms with Crippen LogP contribution in [-0.4, -0.2) is 30.4 Å². The van der Waals surface area contributed by atoms with Gasteiger partial charge in [-0.15, -0.1) is 11.3 Å². The van der Waals surface area contributed by atoms with Gasteiger partial charge in [0, 0.05) is 22.9 Å². The summed E-state index contributed by atoms with van der Waals surface area (Å²) in [6.07, 6.45) is 2.09. The van der Waals surface area contributed by atoms with Gasteiger partial charge in [-0.2, -0.15) is 0 Å². The van der Waals surface area contributed by atoms with Crippen molar-refractivity contribution in [1.29, 1.82) is 0 Å². The molecule has 1 aliphatic rings. The maximum Gasteiger partial charge on any atom is 0.499 e. The summed E-state index contributed by atoms with van der Waals surface area (Å²) in [4.78, 5) is 1.25. The van der Waals surface area contributed by atoms with Gasteiger partial charge in [0.2, 0.25) is 0 Å². The highest BCUT2D eigenvalue weighted by atomic mass is 32.1. The molecule has 0 saturated carbocycles. The Morgan fingerprint density at radius 2 is 2.00 bits per heavy atom. The molecule has 1 fully saturated rings. The molecule has 0 atom stereocenters. The molecule has 1 saturated heterocycles. The Balaban J connectivity index is 2.07. The van der Waals surface area contributed by atoms with Crippen LogP contribution in [0.3, 0.4) is 0 Å². The van der Waals surface area contributed by atoms with E-state index in [2.05, 4.69) is 0 Å². The van der Waals surface area contributed by atoms with Crippen LogP contribution in [0.4, 0.5) is 0 Å². The van der Waals surface area contributed by atoms with Crippen LogP contribution >= 0.6 is 11.3 Å². The van der Waals surface area contributed by atoms with Crippen molar-refractivity contribution in [3.8, 4) is 0 Å². The third-order valence-electron chi connectivity index (χ3n) is 2.53. The second kappa shape index (κ2) is 4.44. The topological polar surface area (TPSA) is 49.7 Å². The zero-order valence-electron chi connectivity index (χ0n) is 7.85. The molecule has 3 nitrogen and oxygen atoms in total. The van der Waals surface area contributed by atoms with E-state index >= 15 is 0 Å². The monoisotopic (exact) mass is 212 g/mol. The molecule has 2 N–H and O–H groups in total. The Morgan fingerprint density at radius 3 is 2.57 bits per heavy atom. The molecule has 0 unspecified atom stereocenters. The molecule has 5 heteroatoms. The van der Waals surface area contributed by atoms with E-state index in [-0.39, 0.29) is 0 Å². The zero-order chi connectivity index (χ0) is 9.97. The minimum Gasteiger partial charge on any atom is -0.423 e. The summed E-state index contributed by atoms with van der Waals surface area (Å²) in [7, 11) is -1.33. The molecular formula is C9H13BO3S. The number of ether oxygens (including phenoxy) is 1. The SMILES string of the molecule is OB(O)c1ccc(C2CCOCC2)s1. The van der Waals surface area contributed by atoms with Crippen molar-refractivity contribution in [3.63, 3.8) is 0 Å². The normalized spacial score (nSPS) is 18.4. The third-order valence-corrected chi connectivity index (χ3v) is 3.81. The van der Waals surface area contributed by atoms with Crippen LogP contribution in [0.1, 0.15) is 23.6 Å². The lowest BCUT2D eigenvalue weighted by molar-refractivity contribution is 0.0860. The lowest BCUT2D eigenvalue weighted by Crippen LogP contribution is -2.26. The number of hydrogen-bond acceptors (Lipinski definition) is 4. The van der Waals surface area contributed by atoms with Crippen molar-refractivity contribution in [2.24, 2.45) is 0 Å². The van der Waals surface area contributed by atoms with Gasteiger partial charge in [-0.1, -0.05) is 6.07 Å². The van der Waals surface area contributed by atoms with Crippen LogP contribution < -0.4 is 4.78 Å². The summed E-state index contributed by atoms with van der Waals surface area (Å²) in [6, 6.07) is 3.79. The maximum atomic E-state index is 8.98. The molecule has 2 heterocycles. The largest absolute Gasteiger partial charge is 0.499 e. The van der Waals surface area contributed by atoms with E-state index in [0.29, 0.717) is 10.7 Å². The minimum atomic E-state index is -1.33. The van der Waals surface area contributed by atoms with Gasteiger partial charge in [0.25, 0.3) is 0 Å². The summed E-state index contributed by atoms with van der Waals surface area (Å²) < 4.78 is 5.91. The molecule has 1 aromatic heterocycles. The quantitative estimate of drug-likeness (QED) is 0.694. The Morgan fingerprint density at radius 1 is 1.29 bits per heavy atom. The Hall–Kier alpha value is -0.355. The molecule has 0 amide bonds. The van der Waals surface area contributed by atoms with E-state index < -0.39 is 7.12 Å². The first kappa shape index (κ1) is 10.2. The van der Waals surface area contributed by atoms with Crippen molar-refractivity contribution in [1.82, 2.24) is 0 Å². The van der Waals surface area contributed by atoms with Crippen molar-refractivity contribution >= 4 is 23.2 Å². The van der Waals surface area contributed by atoms with Crippen LogP contribution in [0.2, 0.25) is 0 Å². The lowest BCUT2D eigenvalue weighted by atomic mass is 9.89. The second-order valence-corrected chi connectivity index (χ2v) is 4.65. The standard InChI is InChI=1S/C9H13BO3S/c11-10(12)9-2-1-8(14-9)7-3-5-13-6-4-7/h1-2,7,11-12H,3-6H2. The van der Waals surface area contributed by atoms with E-state index in [9.17, 15) is 0 Å². The van der Waals surface area contributed by atoms with Crippen LogP contribution in [0.5, 0.6) is 0 Å². The van der Waals surface area contributed by atoms with Crippen LogP contribution in [0.15, 0.2) is 12.1 Å². The van der Waals surface area contributed by atoms with Crippen LogP contribution in [0, 0.1) is 0 Å². The fourth-order valence-corrected chi connectivity index (χ4v) is 2.76. The highest BCUT2D eigenvalue weighted by Gasteiger charge is 2.20. The van der Waals surface area contributed by atoms with Gasteiger partial charge in [0.05, 0.1) is 0 Å². The predicted octanol–water partition coefficient (Wildman–Crippen LogP) is 0.322. The number of hydrogen-bond donors (Lipinski definition) is 2. The van der Waals surface area contributed by atoms with Gasteiger partial charge in [-0.25, -0.2) is 0 Å². The Bertz CT molecular complexity index is 294. The van der Waals surface area contributed by atoms with E-state index in [4.69, 9.17) is 14.8 Å². The third kappa shape index (κ3) is 2.17. The van der Waals surface area contributed by atoms with Gasteiger partial charge in [0.1, 0.15) is 0 Å². The van der Waals surface area contributed by atoms with Crippen LogP contribution in [0.25, 0.3) is 0 Å². The van der Waals surface area contributed by atoms with Crippen molar-refractivity contribution < 1.29 is 14.8 Å². The number of rotatable bonds is 2. The first-order valence-electron chi connectivity index (χ1n) is 4.81. The lowest BCUT2D eigenvalue weighted by Gasteiger charge is -2.20. The van der Waals surface area contributed by atoms with E-state index in [1.54, 1.807) is 6.07 Å². The van der Waals surface area contributed by atoms with Crippen molar-refractivity contribution in [2.75, 3.05) is 13.2 Å². The smallest absolute Gasteiger partial charge is 0.423 e. The van der Waals surface area contributed by atoms with E-state index in [0.717, 1.165) is 26.1 Å². The first-order chi connectivity index (χ1) is 6.77. The molecule has 2 rings (SSSR count). The van der Waals surface area contributed by atoms with Gasteiger partial charge in [-0.3, -0.25) is 0 Å². The molecule has 1 aromatic rings. The summed E-state index contributed by atoms with van der Waals surface area (Å²) >= 11 is 1.49. The van der Waals surface area contributed by atoms with E-state index in [1.807, 2.05) is 6.07 Å². The molecular weight excluding hydrogens is 199 g/mol.